The second-order valence-electron chi connectivity index (χ2n) is 3.58. The fourth-order valence-corrected chi connectivity index (χ4v) is 2.29. The Morgan fingerprint density at radius 2 is 2.25 bits per heavy atom. The molecule has 0 amide bonds. The third kappa shape index (κ3) is 4.73. The van der Waals surface area contributed by atoms with E-state index in [0.29, 0.717) is 23.4 Å². The van der Waals surface area contributed by atoms with Crippen molar-refractivity contribution in [3.05, 3.63) is 34.6 Å². The van der Waals surface area contributed by atoms with Crippen LogP contribution in [0.3, 0.4) is 0 Å². The molecule has 4 heteroatoms. The zero-order chi connectivity index (χ0) is 12.0. The summed E-state index contributed by atoms with van der Waals surface area (Å²) in [5.41, 5.74) is 0.526. The molecule has 0 fully saturated rings. The highest BCUT2D eigenvalue weighted by Gasteiger charge is 2.09. The normalized spacial score (nSPS) is 12.8. The van der Waals surface area contributed by atoms with Crippen molar-refractivity contribution in [2.45, 2.75) is 25.9 Å². The maximum Gasteiger partial charge on any atom is 0.127 e. The number of aliphatic hydroxyl groups excluding tert-OH is 1. The molecule has 0 bridgehead atoms. The SMILES string of the molecule is CCSCCC(O)Cc1ccc(Cl)cc1F. The van der Waals surface area contributed by atoms with Gasteiger partial charge in [0.1, 0.15) is 5.82 Å². The average Bonchev–Trinajstić information content (AvgIpc) is 2.23. The molecule has 0 saturated carbocycles. The molecule has 1 unspecified atom stereocenters. The number of aliphatic hydroxyl groups is 1. The van der Waals surface area contributed by atoms with Gasteiger partial charge in [-0.15, -0.1) is 0 Å². The zero-order valence-corrected chi connectivity index (χ0v) is 10.8. The molecule has 1 nitrogen and oxygen atoms in total. The van der Waals surface area contributed by atoms with Crippen LogP contribution in [0.5, 0.6) is 0 Å². The third-order valence-electron chi connectivity index (χ3n) is 2.27. The molecule has 0 heterocycles. The van der Waals surface area contributed by atoms with Crippen LogP contribution in [0.25, 0.3) is 0 Å². The van der Waals surface area contributed by atoms with Gasteiger partial charge in [0.15, 0.2) is 0 Å². The monoisotopic (exact) mass is 262 g/mol. The van der Waals surface area contributed by atoms with Crippen molar-refractivity contribution in [2.24, 2.45) is 0 Å². The molecular formula is C12H16ClFOS. The Kier molecular flexibility index (Phi) is 6.17. The lowest BCUT2D eigenvalue weighted by Crippen LogP contribution is -2.12. The van der Waals surface area contributed by atoms with Gasteiger partial charge in [-0.2, -0.15) is 11.8 Å². The van der Waals surface area contributed by atoms with Crippen LogP contribution in [0.2, 0.25) is 5.02 Å². The molecule has 0 aromatic heterocycles. The van der Waals surface area contributed by atoms with E-state index in [0.717, 1.165) is 11.5 Å². The van der Waals surface area contributed by atoms with E-state index in [-0.39, 0.29) is 5.82 Å². The van der Waals surface area contributed by atoms with Crippen molar-refractivity contribution >= 4 is 23.4 Å². The lowest BCUT2D eigenvalue weighted by molar-refractivity contribution is 0.171. The lowest BCUT2D eigenvalue weighted by atomic mass is 10.1. The summed E-state index contributed by atoms with van der Waals surface area (Å²) in [5.74, 6) is 1.62. The van der Waals surface area contributed by atoms with E-state index in [2.05, 4.69) is 6.92 Å². The average molecular weight is 263 g/mol. The summed E-state index contributed by atoms with van der Waals surface area (Å²) in [6, 6.07) is 4.56. The Bertz CT molecular complexity index is 333. The van der Waals surface area contributed by atoms with Crippen LogP contribution in [0.4, 0.5) is 4.39 Å². The number of halogens is 2. The summed E-state index contributed by atoms with van der Waals surface area (Å²) in [7, 11) is 0. The topological polar surface area (TPSA) is 20.2 Å². The number of benzene rings is 1. The molecule has 16 heavy (non-hydrogen) atoms. The first-order chi connectivity index (χ1) is 7.63. The van der Waals surface area contributed by atoms with Gasteiger partial charge in [-0.3, -0.25) is 0 Å². The molecule has 0 aliphatic heterocycles. The maximum absolute atomic E-state index is 13.4. The van der Waals surface area contributed by atoms with Crippen LogP contribution in [-0.2, 0) is 6.42 Å². The van der Waals surface area contributed by atoms with Crippen LogP contribution in [0, 0.1) is 5.82 Å². The van der Waals surface area contributed by atoms with E-state index in [9.17, 15) is 9.50 Å². The molecule has 1 aromatic rings. The van der Waals surface area contributed by atoms with Crippen molar-refractivity contribution in [3.8, 4) is 0 Å². The molecule has 1 atom stereocenters. The van der Waals surface area contributed by atoms with Gasteiger partial charge in [-0.05, 0) is 35.6 Å². The number of hydrogen-bond acceptors (Lipinski definition) is 2. The van der Waals surface area contributed by atoms with Gasteiger partial charge in [-0.1, -0.05) is 24.6 Å². The Balaban J connectivity index is 2.46. The standard InChI is InChI=1S/C12H16ClFOS/c1-2-16-6-5-11(15)7-9-3-4-10(13)8-12(9)14/h3-4,8,11,15H,2,5-7H2,1H3. The van der Waals surface area contributed by atoms with Gasteiger partial charge in [0, 0.05) is 11.4 Å². The van der Waals surface area contributed by atoms with Gasteiger partial charge >= 0.3 is 0 Å². The lowest BCUT2D eigenvalue weighted by Gasteiger charge is -2.10. The van der Waals surface area contributed by atoms with Gasteiger partial charge < -0.3 is 5.11 Å². The molecule has 1 N–H and O–H groups in total. The largest absolute Gasteiger partial charge is 0.393 e. The Labute approximate surface area is 105 Å². The number of thioether (sulfide) groups is 1. The highest BCUT2D eigenvalue weighted by Crippen LogP contribution is 2.17. The van der Waals surface area contributed by atoms with Crippen molar-refractivity contribution in [1.29, 1.82) is 0 Å². The van der Waals surface area contributed by atoms with Crippen LogP contribution < -0.4 is 0 Å². The van der Waals surface area contributed by atoms with Crippen LogP contribution >= 0.6 is 23.4 Å². The fourth-order valence-electron chi connectivity index (χ4n) is 1.41. The summed E-state index contributed by atoms with van der Waals surface area (Å²) in [6.07, 6.45) is 0.572. The minimum Gasteiger partial charge on any atom is -0.393 e. The predicted octanol–water partition coefficient (Wildman–Crippen LogP) is 3.53. The minimum atomic E-state index is -0.477. The molecule has 0 spiro atoms. The summed E-state index contributed by atoms with van der Waals surface area (Å²) >= 11 is 7.43. The second kappa shape index (κ2) is 7.15. The fraction of sp³-hybridized carbons (Fsp3) is 0.500. The van der Waals surface area contributed by atoms with Crippen LogP contribution in [0.1, 0.15) is 18.9 Å². The molecule has 1 rings (SSSR count). The first kappa shape index (κ1) is 13.8. The van der Waals surface area contributed by atoms with Crippen molar-refractivity contribution < 1.29 is 9.50 Å². The Hall–Kier alpha value is -0.250. The molecule has 1 aromatic carbocycles. The van der Waals surface area contributed by atoms with Crippen molar-refractivity contribution in [3.63, 3.8) is 0 Å². The second-order valence-corrected chi connectivity index (χ2v) is 5.41. The zero-order valence-electron chi connectivity index (χ0n) is 9.25. The molecular weight excluding hydrogens is 247 g/mol. The quantitative estimate of drug-likeness (QED) is 0.792. The summed E-state index contributed by atoms with van der Waals surface area (Å²) in [4.78, 5) is 0. The van der Waals surface area contributed by atoms with E-state index >= 15 is 0 Å². The van der Waals surface area contributed by atoms with Gasteiger partial charge in [-0.25, -0.2) is 4.39 Å². The molecule has 0 aliphatic carbocycles. The summed E-state index contributed by atoms with van der Waals surface area (Å²) < 4.78 is 13.4. The van der Waals surface area contributed by atoms with Crippen LogP contribution in [-0.4, -0.2) is 22.7 Å². The molecule has 0 aliphatic rings. The third-order valence-corrected chi connectivity index (χ3v) is 3.44. The van der Waals surface area contributed by atoms with Gasteiger partial charge in [0.05, 0.1) is 6.10 Å². The molecule has 0 saturated heterocycles. The summed E-state index contributed by atoms with van der Waals surface area (Å²) in [6.45, 7) is 2.08. The van der Waals surface area contributed by atoms with Crippen molar-refractivity contribution in [1.82, 2.24) is 0 Å². The maximum atomic E-state index is 13.4. The highest BCUT2D eigenvalue weighted by atomic mass is 35.5. The van der Waals surface area contributed by atoms with E-state index in [4.69, 9.17) is 11.6 Å². The van der Waals surface area contributed by atoms with E-state index < -0.39 is 6.10 Å². The van der Waals surface area contributed by atoms with E-state index in [1.165, 1.54) is 6.07 Å². The van der Waals surface area contributed by atoms with E-state index in [1.807, 2.05) is 0 Å². The minimum absolute atomic E-state index is 0.338. The van der Waals surface area contributed by atoms with Crippen LogP contribution in [0.15, 0.2) is 18.2 Å². The highest BCUT2D eigenvalue weighted by molar-refractivity contribution is 7.99. The number of hydrogen-bond donors (Lipinski definition) is 1. The molecule has 0 radical (unpaired) electrons. The Morgan fingerprint density at radius 3 is 2.88 bits per heavy atom. The summed E-state index contributed by atoms with van der Waals surface area (Å²) in [5, 5.41) is 10.1. The van der Waals surface area contributed by atoms with Crippen molar-refractivity contribution in [2.75, 3.05) is 11.5 Å². The van der Waals surface area contributed by atoms with Gasteiger partial charge in [0.2, 0.25) is 0 Å². The first-order valence-corrected chi connectivity index (χ1v) is 6.86. The first-order valence-electron chi connectivity index (χ1n) is 5.33. The van der Waals surface area contributed by atoms with E-state index in [1.54, 1.807) is 23.9 Å². The smallest absolute Gasteiger partial charge is 0.127 e. The predicted molar refractivity (Wildman–Crippen MR) is 68.7 cm³/mol. The molecule has 90 valence electrons. The Morgan fingerprint density at radius 1 is 1.50 bits per heavy atom. The van der Waals surface area contributed by atoms with Gasteiger partial charge in [0.25, 0.3) is 0 Å². The number of rotatable bonds is 6.